The van der Waals surface area contributed by atoms with Crippen LogP contribution in [0.3, 0.4) is 0 Å². The second-order valence-corrected chi connectivity index (χ2v) is 4.06. The molecule has 1 aromatic rings. The summed E-state index contributed by atoms with van der Waals surface area (Å²) in [7, 11) is 5.43. The van der Waals surface area contributed by atoms with E-state index in [9.17, 15) is 4.79 Å². The van der Waals surface area contributed by atoms with Gasteiger partial charge >= 0.3 is 5.69 Å². The zero-order valence-corrected chi connectivity index (χ0v) is 10.7. The van der Waals surface area contributed by atoms with Crippen LogP contribution in [0.15, 0.2) is 4.79 Å². The van der Waals surface area contributed by atoms with Crippen molar-refractivity contribution in [3.63, 3.8) is 0 Å². The zero-order valence-electron chi connectivity index (χ0n) is 9.87. The van der Waals surface area contributed by atoms with Gasteiger partial charge in [0.05, 0.1) is 0 Å². The maximum Gasteiger partial charge on any atom is 0.330 e. The highest BCUT2D eigenvalue weighted by Crippen LogP contribution is 2.16. The van der Waals surface area contributed by atoms with Crippen molar-refractivity contribution in [2.75, 3.05) is 18.5 Å². The number of rotatable bonds is 2. The van der Waals surface area contributed by atoms with Crippen molar-refractivity contribution in [3.8, 4) is 0 Å². The Balaban J connectivity index is 3.68. The first kappa shape index (κ1) is 12.0. The minimum Gasteiger partial charge on any atom is -0.361 e. The van der Waals surface area contributed by atoms with E-state index in [0.29, 0.717) is 4.64 Å². The molecule has 0 atom stereocenters. The van der Waals surface area contributed by atoms with E-state index in [2.05, 4.69) is 0 Å². The average molecular weight is 227 g/mol. The third-order valence-electron chi connectivity index (χ3n) is 2.69. The lowest BCUT2D eigenvalue weighted by Crippen LogP contribution is -2.34. The van der Waals surface area contributed by atoms with Crippen LogP contribution in [0.25, 0.3) is 0 Å². The molecule has 0 N–H and O–H groups in total. The van der Waals surface area contributed by atoms with Crippen LogP contribution in [0.1, 0.15) is 12.5 Å². The quantitative estimate of drug-likeness (QED) is 0.712. The summed E-state index contributed by atoms with van der Waals surface area (Å²) in [5.74, 6) is 0.894. The van der Waals surface area contributed by atoms with Crippen molar-refractivity contribution in [2.24, 2.45) is 14.1 Å². The fourth-order valence-electron chi connectivity index (χ4n) is 1.69. The Labute approximate surface area is 94.8 Å². The van der Waals surface area contributed by atoms with Gasteiger partial charge in [0.25, 0.3) is 0 Å². The van der Waals surface area contributed by atoms with Gasteiger partial charge in [-0.1, -0.05) is 12.2 Å². The Morgan fingerprint density at radius 2 is 1.87 bits per heavy atom. The first-order valence-corrected chi connectivity index (χ1v) is 5.30. The highest BCUT2D eigenvalue weighted by molar-refractivity contribution is 7.71. The van der Waals surface area contributed by atoms with Crippen LogP contribution >= 0.6 is 12.2 Å². The standard InChI is InChI=1S/C10H17N3OS/c1-6-11(3)8-7(2)9(15)13(5)10(14)12(8)4/h6H2,1-5H3. The van der Waals surface area contributed by atoms with Gasteiger partial charge in [0.2, 0.25) is 0 Å². The molecule has 5 heteroatoms. The Morgan fingerprint density at radius 1 is 1.33 bits per heavy atom. The molecule has 0 unspecified atom stereocenters. The molecular formula is C10H17N3OS. The van der Waals surface area contributed by atoms with Crippen LogP contribution in [-0.4, -0.2) is 22.7 Å². The minimum atomic E-state index is -0.0825. The van der Waals surface area contributed by atoms with E-state index >= 15 is 0 Å². The van der Waals surface area contributed by atoms with Crippen molar-refractivity contribution in [1.82, 2.24) is 9.13 Å². The summed E-state index contributed by atoms with van der Waals surface area (Å²) in [6.07, 6.45) is 0. The lowest BCUT2D eigenvalue weighted by molar-refractivity contribution is 0.677. The molecule has 0 aromatic carbocycles. The third kappa shape index (κ3) is 1.84. The Kier molecular flexibility index (Phi) is 3.34. The molecule has 0 aliphatic heterocycles. The summed E-state index contributed by atoms with van der Waals surface area (Å²) in [5, 5.41) is 0. The fraction of sp³-hybridized carbons (Fsp3) is 0.600. The predicted molar refractivity (Wildman–Crippen MR) is 65.2 cm³/mol. The van der Waals surface area contributed by atoms with E-state index in [1.165, 1.54) is 4.57 Å². The highest BCUT2D eigenvalue weighted by Gasteiger charge is 2.11. The first-order valence-electron chi connectivity index (χ1n) is 4.89. The van der Waals surface area contributed by atoms with Gasteiger partial charge in [0.15, 0.2) is 0 Å². The van der Waals surface area contributed by atoms with Crippen molar-refractivity contribution >= 4 is 18.0 Å². The summed E-state index contributed by atoms with van der Waals surface area (Å²) in [6.45, 7) is 4.83. The summed E-state index contributed by atoms with van der Waals surface area (Å²) in [5.41, 5.74) is 0.889. The minimum absolute atomic E-state index is 0.0825. The van der Waals surface area contributed by atoms with Gasteiger partial charge in [-0.2, -0.15) is 0 Å². The van der Waals surface area contributed by atoms with Crippen LogP contribution in [-0.2, 0) is 14.1 Å². The lowest BCUT2D eigenvalue weighted by atomic mass is 10.3. The predicted octanol–water partition coefficient (Wildman–Crippen LogP) is 1.22. The molecule has 0 amide bonds. The van der Waals surface area contributed by atoms with E-state index in [-0.39, 0.29) is 5.69 Å². The molecule has 0 saturated carbocycles. The van der Waals surface area contributed by atoms with E-state index in [4.69, 9.17) is 12.2 Å². The SMILES string of the molecule is CCN(C)c1c(C)c(=S)n(C)c(=O)n1C. The van der Waals surface area contributed by atoms with Gasteiger partial charge in [-0.15, -0.1) is 0 Å². The van der Waals surface area contributed by atoms with Gasteiger partial charge in [-0.3, -0.25) is 9.13 Å². The molecule has 0 aliphatic carbocycles. The summed E-state index contributed by atoms with van der Waals surface area (Å²) in [4.78, 5) is 13.8. The highest BCUT2D eigenvalue weighted by atomic mass is 32.1. The van der Waals surface area contributed by atoms with Crippen molar-refractivity contribution in [3.05, 3.63) is 20.7 Å². The van der Waals surface area contributed by atoms with Crippen LogP contribution in [0.5, 0.6) is 0 Å². The lowest BCUT2D eigenvalue weighted by Gasteiger charge is -2.23. The second kappa shape index (κ2) is 4.18. The number of anilines is 1. The molecule has 0 spiro atoms. The Hall–Kier alpha value is -1.10. The molecule has 1 aromatic heterocycles. The van der Waals surface area contributed by atoms with Crippen LogP contribution in [0.2, 0.25) is 0 Å². The zero-order chi connectivity index (χ0) is 11.7. The Morgan fingerprint density at radius 3 is 2.33 bits per heavy atom. The molecule has 1 heterocycles. The molecule has 0 bridgehead atoms. The molecule has 0 radical (unpaired) electrons. The van der Waals surface area contributed by atoms with Gasteiger partial charge in [-0.25, -0.2) is 4.79 Å². The van der Waals surface area contributed by atoms with Crippen LogP contribution < -0.4 is 10.6 Å². The smallest absolute Gasteiger partial charge is 0.330 e. The summed E-state index contributed by atoms with van der Waals surface area (Å²) in [6, 6.07) is 0. The largest absolute Gasteiger partial charge is 0.361 e. The normalized spacial score (nSPS) is 10.5. The number of aromatic nitrogens is 2. The Bertz CT molecular complexity index is 449. The van der Waals surface area contributed by atoms with Crippen LogP contribution in [0, 0.1) is 11.6 Å². The van der Waals surface area contributed by atoms with Gasteiger partial charge in [-0.05, 0) is 13.8 Å². The van der Waals surface area contributed by atoms with Crippen molar-refractivity contribution in [2.45, 2.75) is 13.8 Å². The number of hydrogen-bond donors (Lipinski definition) is 0. The fourth-order valence-corrected chi connectivity index (χ4v) is 1.86. The van der Waals surface area contributed by atoms with E-state index < -0.39 is 0 Å². The third-order valence-corrected chi connectivity index (χ3v) is 3.27. The maximum absolute atomic E-state index is 11.8. The molecule has 1 rings (SSSR count). The van der Waals surface area contributed by atoms with E-state index in [1.54, 1.807) is 18.7 Å². The molecule has 4 nitrogen and oxygen atoms in total. The maximum atomic E-state index is 11.8. The molecule has 0 fully saturated rings. The van der Waals surface area contributed by atoms with Gasteiger partial charge < -0.3 is 4.90 Å². The average Bonchev–Trinajstić information content (AvgIpc) is 2.23. The molecule has 15 heavy (non-hydrogen) atoms. The number of nitrogens with zero attached hydrogens (tertiary/aromatic N) is 3. The monoisotopic (exact) mass is 227 g/mol. The molecule has 84 valence electrons. The van der Waals surface area contributed by atoms with E-state index in [0.717, 1.165) is 17.9 Å². The number of hydrogen-bond acceptors (Lipinski definition) is 3. The van der Waals surface area contributed by atoms with Crippen molar-refractivity contribution in [1.29, 1.82) is 0 Å². The summed E-state index contributed by atoms with van der Waals surface area (Å²) < 4.78 is 3.74. The van der Waals surface area contributed by atoms with Crippen LogP contribution in [0.4, 0.5) is 5.82 Å². The molecule has 0 saturated heterocycles. The van der Waals surface area contributed by atoms with Crippen molar-refractivity contribution < 1.29 is 0 Å². The first-order chi connectivity index (χ1) is 6.91. The topological polar surface area (TPSA) is 30.2 Å². The molecule has 0 aliphatic rings. The van der Waals surface area contributed by atoms with E-state index in [1.807, 2.05) is 25.8 Å². The second-order valence-electron chi connectivity index (χ2n) is 3.67. The molecular weight excluding hydrogens is 210 g/mol. The van der Waals surface area contributed by atoms with Gasteiger partial charge in [0, 0.05) is 33.3 Å². The van der Waals surface area contributed by atoms with Gasteiger partial charge in [0.1, 0.15) is 10.5 Å². The summed E-state index contributed by atoms with van der Waals surface area (Å²) >= 11 is 5.22.